The van der Waals surface area contributed by atoms with E-state index in [4.69, 9.17) is 4.74 Å². The maximum absolute atomic E-state index is 10.4. The molecular weight excluding hydrogens is 258 g/mol. The summed E-state index contributed by atoms with van der Waals surface area (Å²) in [5, 5.41) is 16.9. The van der Waals surface area contributed by atoms with Gasteiger partial charge in [-0.15, -0.1) is 0 Å². The molecule has 6 nitrogen and oxygen atoms in total. The molecule has 1 heterocycles. The van der Waals surface area contributed by atoms with E-state index in [1.54, 1.807) is 18.3 Å². The highest BCUT2D eigenvalue weighted by Gasteiger charge is 2.14. The molecule has 0 spiro atoms. The molecule has 1 aromatic rings. The van der Waals surface area contributed by atoms with Gasteiger partial charge in [-0.1, -0.05) is 12.1 Å². The average molecular weight is 277 g/mol. The van der Waals surface area contributed by atoms with Crippen LogP contribution < -0.4 is 14.7 Å². The number of hydrogen-bond donors (Lipinski definition) is 1. The Morgan fingerprint density at radius 2 is 2.15 bits per heavy atom. The third-order valence-electron chi connectivity index (χ3n) is 3.22. The van der Waals surface area contributed by atoms with Crippen molar-refractivity contribution < 1.29 is 19.5 Å². The molecule has 0 aliphatic carbocycles. The number of piperazine rings is 1. The van der Waals surface area contributed by atoms with Crippen molar-refractivity contribution in [3.63, 3.8) is 0 Å². The maximum Gasteiger partial charge on any atom is 0.128 e. The van der Waals surface area contributed by atoms with E-state index in [1.165, 1.54) is 4.90 Å². The van der Waals surface area contributed by atoms with Gasteiger partial charge in [0.05, 0.1) is 45.4 Å². The number of aliphatic carboxylic acids is 1. The van der Waals surface area contributed by atoms with Crippen molar-refractivity contribution in [3.8, 4) is 5.75 Å². The molecule has 1 aliphatic rings. The second kappa shape index (κ2) is 6.91. The number of carboxylic acids is 1. The summed E-state index contributed by atoms with van der Waals surface area (Å²) in [5.74, 6) is -0.737. The fraction of sp³-hybridized carbons (Fsp3) is 0.429. The molecule has 0 radical (unpaired) electrons. The summed E-state index contributed by atoms with van der Waals surface area (Å²) in [6.45, 7) is 3.53. The number of nitrogens with one attached hydrogen (secondary N) is 1. The fourth-order valence-electron chi connectivity index (χ4n) is 1.99. The lowest BCUT2D eigenvalue weighted by molar-refractivity contribution is -0.884. The van der Waals surface area contributed by atoms with Crippen LogP contribution in [-0.2, 0) is 4.79 Å². The second-order valence-electron chi connectivity index (χ2n) is 4.85. The second-order valence-corrected chi connectivity index (χ2v) is 4.85. The molecule has 1 fully saturated rings. The Morgan fingerprint density at radius 1 is 1.45 bits per heavy atom. The van der Waals surface area contributed by atoms with Crippen molar-refractivity contribution in [2.75, 3.05) is 39.8 Å². The Hall–Kier alpha value is -2.08. The van der Waals surface area contributed by atoms with Crippen molar-refractivity contribution >= 4 is 12.2 Å². The topological polar surface area (TPSA) is 69.4 Å². The molecular formula is C14H19N3O3. The van der Waals surface area contributed by atoms with Gasteiger partial charge < -0.3 is 19.5 Å². The smallest absolute Gasteiger partial charge is 0.128 e. The Morgan fingerprint density at radius 3 is 2.85 bits per heavy atom. The summed E-state index contributed by atoms with van der Waals surface area (Å²) in [6, 6.07) is 7.22. The maximum atomic E-state index is 10.4. The van der Waals surface area contributed by atoms with Crippen LogP contribution in [0.15, 0.2) is 29.4 Å². The van der Waals surface area contributed by atoms with Crippen LogP contribution in [0.5, 0.6) is 5.75 Å². The van der Waals surface area contributed by atoms with Gasteiger partial charge in [0.2, 0.25) is 0 Å². The minimum Gasteiger partial charge on any atom is -0.546 e. The molecule has 0 saturated carbocycles. The van der Waals surface area contributed by atoms with Gasteiger partial charge >= 0.3 is 0 Å². The number of carbonyl (C=O) groups excluding carboxylic acids is 1. The molecule has 0 bridgehead atoms. The molecule has 20 heavy (non-hydrogen) atoms. The molecule has 0 unspecified atom stereocenters. The lowest BCUT2D eigenvalue weighted by Crippen LogP contribution is -3.11. The van der Waals surface area contributed by atoms with Gasteiger partial charge in [0.1, 0.15) is 12.4 Å². The zero-order valence-corrected chi connectivity index (χ0v) is 11.5. The number of carboxylic acid groups (broad SMARTS) is 1. The Kier molecular flexibility index (Phi) is 4.95. The summed E-state index contributed by atoms with van der Waals surface area (Å²) in [4.78, 5) is 11.9. The van der Waals surface area contributed by atoms with E-state index < -0.39 is 12.6 Å². The number of ether oxygens (including phenoxy) is 1. The monoisotopic (exact) mass is 277 g/mol. The van der Waals surface area contributed by atoms with E-state index >= 15 is 0 Å². The van der Waals surface area contributed by atoms with Gasteiger partial charge in [0, 0.05) is 5.56 Å². The molecule has 108 valence electrons. The van der Waals surface area contributed by atoms with Crippen LogP contribution in [0.4, 0.5) is 0 Å². The van der Waals surface area contributed by atoms with Crippen molar-refractivity contribution in [2.24, 2.45) is 5.10 Å². The molecule has 2 rings (SSSR count). The zero-order chi connectivity index (χ0) is 14.4. The number of likely N-dealkylation sites (N-methyl/N-ethyl adjacent to an activating group) is 1. The van der Waals surface area contributed by atoms with Crippen molar-refractivity contribution in [3.05, 3.63) is 29.8 Å². The first-order chi connectivity index (χ1) is 9.65. The van der Waals surface area contributed by atoms with Gasteiger partial charge in [-0.05, 0) is 12.1 Å². The van der Waals surface area contributed by atoms with Crippen LogP contribution in [0.2, 0.25) is 0 Å². The highest BCUT2D eigenvalue weighted by Crippen LogP contribution is 2.15. The molecule has 1 saturated heterocycles. The van der Waals surface area contributed by atoms with E-state index in [0.29, 0.717) is 5.75 Å². The van der Waals surface area contributed by atoms with Gasteiger partial charge in [-0.2, -0.15) is 5.10 Å². The van der Waals surface area contributed by atoms with E-state index in [-0.39, 0.29) is 0 Å². The number of para-hydroxylation sites is 1. The zero-order valence-electron chi connectivity index (χ0n) is 11.5. The predicted molar refractivity (Wildman–Crippen MR) is 72.7 cm³/mol. The summed E-state index contributed by atoms with van der Waals surface area (Å²) < 4.78 is 5.18. The van der Waals surface area contributed by atoms with Crippen LogP contribution in [0.25, 0.3) is 0 Å². The van der Waals surface area contributed by atoms with Crippen LogP contribution >= 0.6 is 0 Å². The van der Waals surface area contributed by atoms with Crippen LogP contribution in [-0.4, -0.2) is 57.0 Å². The van der Waals surface area contributed by atoms with E-state index in [2.05, 4.69) is 12.1 Å². The summed E-state index contributed by atoms with van der Waals surface area (Å²) in [7, 11) is 2.17. The standard InChI is InChI=1S/C14H19N3O3/c1-16-6-8-17(9-7-16)15-10-12-4-2-3-5-13(12)20-11-14(18)19/h2-5,10H,6-9,11H2,1H3,(H,18,19)/b15-10-. The first-order valence-corrected chi connectivity index (χ1v) is 6.67. The fourth-order valence-corrected chi connectivity index (χ4v) is 1.99. The largest absolute Gasteiger partial charge is 0.546 e. The SMILES string of the molecule is C[NH+]1CCN(/N=C\c2ccccc2OCC(=O)[O-])CC1. The molecule has 0 atom stereocenters. The van der Waals surface area contributed by atoms with Crippen LogP contribution in [0.1, 0.15) is 5.56 Å². The molecule has 0 aromatic heterocycles. The first kappa shape index (κ1) is 14.3. The van der Waals surface area contributed by atoms with Crippen LogP contribution in [0.3, 0.4) is 0 Å². The van der Waals surface area contributed by atoms with Gasteiger partial charge in [0.15, 0.2) is 0 Å². The average Bonchev–Trinajstić information content (AvgIpc) is 2.45. The minimum absolute atomic E-state index is 0.456. The van der Waals surface area contributed by atoms with Crippen molar-refractivity contribution in [2.45, 2.75) is 0 Å². The van der Waals surface area contributed by atoms with Crippen molar-refractivity contribution in [1.82, 2.24) is 5.01 Å². The van der Waals surface area contributed by atoms with E-state index in [1.807, 2.05) is 17.1 Å². The molecule has 1 aliphatic heterocycles. The number of rotatable bonds is 5. The molecule has 6 heteroatoms. The number of hydrazone groups is 1. The van der Waals surface area contributed by atoms with Crippen molar-refractivity contribution in [1.29, 1.82) is 0 Å². The Balaban J connectivity index is 1.99. The summed E-state index contributed by atoms with van der Waals surface area (Å²) in [6.07, 6.45) is 1.71. The number of nitrogens with zero attached hydrogens (tertiary/aromatic N) is 2. The van der Waals surface area contributed by atoms with E-state index in [9.17, 15) is 9.90 Å². The quantitative estimate of drug-likeness (QED) is 0.631. The van der Waals surface area contributed by atoms with Gasteiger partial charge in [0.25, 0.3) is 0 Å². The Labute approximate surface area is 118 Å². The highest BCUT2D eigenvalue weighted by molar-refractivity contribution is 5.83. The molecule has 1 N–H and O–H groups in total. The summed E-state index contributed by atoms with van der Waals surface area (Å²) in [5.41, 5.74) is 0.764. The highest BCUT2D eigenvalue weighted by atomic mass is 16.5. The predicted octanol–water partition coefficient (Wildman–Crippen LogP) is -2.02. The number of carbonyl (C=O) groups is 1. The molecule has 0 amide bonds. The summed E-state index contributed by atoms with van der Waals surface area (Å²) >= 11 is 0. The normalized spacial score (nSPS) is 16.6. The minimum atomic E-state index is -1.24. The first-order valence-electron chi connectivity index (χ1n) is 6.67. The van der Waals surface area contributed by atoms with E-state index in [0.717, 1.165) is 31.7 Å². The number of quaternary nitrogens is 1. The third-order valence-corrected chi connectivity index (χ3v) is 3.22. The lowest BCUT2D eigenvalue weighted by atomic mass is 10.2. The number of hydrogen-bond acceptors (Lipinski definition) is 5. The van der Waals surface area contributed by atoms with Crippen LogP contribution in [0, 0.1) is 0 Å². The lowest BCUT2D eigenvalue weighted by Gasteiger charge is -2.27. The molecule has 1 aromatic carbocycles. The number of benzene rings is 1. The van der Waals surface area contributed by atoms with Gasteiger partial charge in [-0.25, -0.2) is 0 Å². The van der Waals surface area contributed by atoms with Gasteiger partial charge in [-0.3, -0.25) is 5.01 Å². The Bertz CT molecular complexity index is 482. The third kappa shape index (κ3) is 4.24.